The largest absolute Gasteiger partial charge is 0.462 e. The van der Waals surface area contributed by atoms with E-state index in [0.29, 0.717) is 5.56 Å². The van der Waals surface area contributed by atoms with Gasteiger partial charge in [0.1, 0.15) is 24.4 Å². The Hall–Kier alpha value is -5.04. The molecule has 0 bridgehead atoms. The van der Waals surface area contributed by atoms with E-state index in [4.69, 9.17) is 4.74 Å². The summed E-state index contributed by atoms with van der Waals surface area (Å²) in [6, 6.07) is 10.0. The van der Waals surface area contributed by atoms with Gasteiger partial charge in [0.2, 0.25) is 22.8 Å². The van der Waals surface area contributed by atoms with E-state index in [1.807, 2.05) is 10.8 Å². The van der Waals surface area contributed by atoms with Crippen molar-refractivity contribution in [1.82, 2.24) is 14.7 Å². The Kier molecular flexibility index (Phi) is 12.0. The maximum atomic E-state index is 13.5. The van der Waals surface area contributed by atoms with Crippen molar-refractivity contribution in [2.75, 3.05) is 31.5 Å². The van der Waals surface area contributed by atoms with Crippen LogP contribution in [0.1, 0.15) is 50.0 Å². The van der Waals surface area contributed by atoms with Gasteiger partial charge in [0.15, 0.2) is 0 Å². The number of hydrogen-bond donors (Lipinski definition) is 1. The molecule has 1 amide bonds. The number of halogens is 3. The van der Waals surface area contributed by atoms with Crippen molar-refractivity contribution in [2.45, 2.75) is 26.3 Å². The molecule has 3 heterocycles. The number of esters is 2. The van der Waals surface area contributed by atoms with Gasteiger partial charge in [0.05, 0.1) is 40.7 Å². The molecular weight excluding hydrogens is 619 g/mol. The first kappa shape index (κ1) is 34.5. The molecule has 0 spiro atoms. The van der Waals surface area contributed by atoms with E-state index < -0.39 is 58.9 Å². The summed E-state index contributed by atoms with van der Waals surface area (Å²) in [7, 11) is -4.02. The number of ether oxygens (including phenoxy) is 2. The zero-order valence-electron chi connectivity index (χ0n) is 24.1. The summed E-state index contributed by atoms with van der Waals surface area (Å²) in [6.07, 6.45) is 2.84. The third-order valence-electron chi connectivity index (χ3n) is 6.29. The number of nitriles is 1. The van der Waals surface area contributed by atoms with Crippen LogP contribution in [-0.2, 0) is 36.7 Å². The molecule has 0 radical (unpaired) electrons. The minimum absolute atomic E-state index is 0.00147. The van der Waals surface area contributed by atoms with Gasteiger partial charge < -0.3 is 14.4 Å². The molecule has 1 aromatic carbocycles. The van der Waals surface area contributed by atoms with Crippen LogP contribution in [0.4, 0.5) is 19.0 Å². The predicted octanol–water partition coefficient (Wildman–Crippen LogP) is 3.29. The normalized spacial score (nSPS) is 12.6. The smallest absolute Gasteiger partial charge is 0.342 e. The topological polar surface area (TPSA) is 169 Å². The van der Waals surface area contributed by atoms with E-state index in [2.05, 4.69) is 14.7 Å². The number of aryl methyl sites for hydroxylation is 1. The molecule has 2 aromatic heterocycles. The number of pyridine rings is 2. The summed E-state index contributed by atoms with van der Waals surface area (Å²) in [4.78, 5) is 44.5. The maximum Gasteiger partial charge on any atom is 0.342 e. The van der Waals surface area contributed by atoms with Crippen molar-refractivity contribution in [1.29, 1.82) is 5.26 Å². The lowest BCUT2D eigenvalue weighted by Gasteiger charge is -2.39. The lowest BCUT2D eigenvalue weighted by atomic mass is 9.98. The average molecular weight is 648 g/mol. The van der Waals surface area contributed by atoms with E-state index in [0.717, 1.165) is 6.07 Å². The Bertz CT molecular complexity index is 1700. The molecule has 45 heavy (non-hydrogen) atoms. The minimum atomic E-state index is -4.02. The Balaban J connectivity index is 0.000000423. The highest BCUT2D eigenvalue weighted by Crippen LogP contribution is 2.29. The van der Waals surface area contributed by atoms with Gasteiger partial charge in [-0.15, -0.1) is 0 Å². The van der Waals surface area contributed by atoms with Gasteiger partial charge in [-0.2, -0.15) is 5.26 Å². The first-order valence-electron chi connectivity index (χ1n) is 13.3. The Morgan fingerprint density at radius 3 is 2.44 bits per heavy atom. The second-order valence-corrected chi connectivity index (χ2v) is 11.2. The van der Waals surface area contributed by atoms with Gasteiger partial charge in [-0.25, -0.2) is 36.2 Å². The van der Waals surface area contributed by atoms with Crippen LogP contribution in [0.3, 0.4) is 0 Å². The molecule has 16 heteroatoms. The molecule has 1 aliphatic rings. The number of benzene rings is 1. The van der Waals surface area contributed by atoms with Crippen LogP contribution in [0.25, 0.3) is 0 Å². The number of aromatic nitrogens is 2. The van der Waals surface area contributed by atoms with Gasteiger partial charge in [-0.3, -0.25) is 14.5 Å². The predicted molar refractivity (Wildman–Crippen MR) is 153 cm³/mol. The summed E-state index contributed by atoms with van der Waals surface area (Å²) in [6.45, 7) is 1.09. The summed E-state index contributed by atoms with van der Waals surface area (Å²) in [5, 5.41) is 9.45. The van der Waals surface area contributed by atoms with Crippen LogP contribution in [0.2, 0.25) is 0 Å². The fourth-order valence-electron chi connectivity index (χ4n) is 4.07. The third-order valence-corrected chi connectivity index (χ3v) is 7.52. The number of nitrogens with one attached hydrogen (secondary N) is 1. The molecule has 0 saturated carbocycles. The van der Waals surface area contributed by atoms with Crippen molar-refractivity contribution in [3.05, 3.63) is 88.1 Å². The molecule has 1 fully saturated rings. The first-order valence-corrected chi connectivity index (χ1v) is 14.9. The quantitative estimate of drug-likeness (QED) is 0.321. The van der Waals surface area contributed by atoms with Crippen LogP contribution in [0, 0.1) is 30.0 Å². The van der Waals surface area contributed by atoms with E-state index in [-0.39, 0.29) is 53.5 Å². The number of nitrogens with zero attached hydrogens (tertiary/aromatic N) is 4. The van der Waals surface area contributed by atoms with E-state index in [1.165, 1.54) is 48.5 Å². The summed E-state index contributed by atoms with van der Waals surface area (Å²) < 4.78 is 74.0. The monoisotopic (exact) mass is 647 g/mol. The SMILES string of the molecule is CCOC(=O)c1cc(C#N)c(N2CC(C(=O)NS(=O)(=O)Cc3ccc(F)c(C)c3)C2)nc1CF.O=C(OCF)c1cccnc1. The van der Waals surface area contributed by atoms with Gasteiger partial charge in [0.25, 0.3) is 0 Å². The number of hydrogen-bond acceptors (Lipinski definition) is 11. The zero-order valence-corrected chi connectivity index (χ0v) is 24.9. The highest BCUT2D eigenvalue weighted by molar-refractivity contribution is 7.89. The molecular formula is C29H28F3N5O7S. The molecule has 1 aliphatic heterocycles. The molecule has 0 aliphatic carbocycles. The summed E-state index contributed by atoms with van der Waals surface area (Å²) in [5.41, 5.74) is 0.525. The van der Waals surface area contributed by atoms with Gasteiger partial charge >= 0.3 is 11.9 Å². The van der Waals surface area contributed by atoms with Crippen molar-refractivity contribution >= 4 is 33.7 Å². The molecule has 12 nitrogen and oxygen atoms in total. The van der Waals surface area contributed by atoms with Crippen LogP contribution >= 0.6 is 0 Å². The fourth-order valence-corrected chi connectivity index (χ4v) is 5.24. The van der Waals surface area contributed by atoms with Gasteiger partial charge in [0, 0.05) is 25.5 Å². The lowest BCUT2D eigenvalue weighted by molar-refractivity contribution is -0.123. The molecule has 1 saturated heterocycles. The molecule has 3 aromatic rings. The van der Waals surface area contributed by atoms with E-state index in [9.17, 15) is 41.2 Å². The second-order valence-electron chi connectivity index (χ2n) is 9.51. The van der Waals surface area contributed by atoms with Crippen molar-refractivity contribution in [3.8, 4) is 6.07 Å². The standard InChI is InChI=1S/C22H22F2N4O5S.C7H6FNO2/c1-3-33-22(30)17-7-15(9-25)20(26-19(17)8-23)28-10-16(11-28)21(29)27-34(31,32)12-14-4-5-18(24)13(2)6-14;8-5-11-7(10)6-2-1-3-9-4-6/h4-7,16H,3,8,10-12H2,1-2H3,(H,27,29);1-4H,5H2. The van der Waals surface area contributed by atoms with Gasteiger partial charge in [-0.1, -0.05) is 12.1 Å². The highest BCUT2D eigenvalue weighted by Gasteiger charge is 2.37. The number of rotatable bonds is 10. The fraction of sp³-hybridized carbons (Fsp3) is 0.310. The number of anilines is 1. The number of alkyl halides is 2. The van der Waals surface area contributed by atoms with Crippen LogP contribution in [0.15, 0.2) is 48.8 Å². The first-order chi connectivity index (χ1) is 21.4. The van der Waals surface area contributed by atoms with Crippen LogP contribution in [0.5, 0.6) is 0 Å². The highest BCUT2D eigenvalue weighted by atomic mass is 32.2. The average Bonchev–Trinajstić information content (AvgIpc) is 2.98. The molecule has 1 N–H and O–H groups in total. The Labute approximate surface area is 256 Å². The third kappa shape index (κ3) is 9.22. The van der Waals surface area contributed by atoms with Crippen molar-refractivity contribution < 1.29 is 45.4 Å². The lowest BCUT2D eigenvalue weighted by Crippen LogP contribution is -2.55. The van der Waals surface area contributed by atoms with E-state index >= 15 is 0 Å². The molecule has 0 unspecified atom stereocenters. The van der Waals surface area contributed by atoms with Gasteiger partial charge in [-0.05, 0) is 49.2 Å². The number of sulfonamides is 1. The zero-order chi connectivity index (χ0) is 33.1. The van der Waals surface area contributed by atoms with Crippen LogP contribution in [-0.4, -0.2) is 62.8 Å². The Morgan fingerprint density at radius 1 is 1.13 bits per heavy atom. The molecule has 238 valence electrons. The minimum Gasteiger partial charge on any atom is -0.462 e. The number of carbonyl (C=O) groups excluding carboxylic acids is 3. The van der Waals surface area contributed by atoms with Crippen molar-refractivity contribution in [2.24, 2.45) is 5.92 Å². The molecule has 0 atom stereocenters. The number of carbonyl (C=O) groups is 3. The summed E-state index contributed by atoms with van der Waals surface area (Å²) in [5.74, 6) is -3.80. The second kappa shape index (κ2) is 15.6. The maximum absolute atomic E-state index is 13.5. The summed E-state index contributed by atoms with van der Waals surface area (Å²) >= 11 is 0. The number of amides is 1. The van der Waals surface area contributed by atoms with E-state index in [1.54, 1.807) is 13.0 Å². The molecule has 4 rings (SSSR count). The van der Waals surface area contributed by atoms with Crippen LogP contribution < -0.4 is 9.62 Å². The Morgan fingerprint density at radius 2 is 1.87 bits per heavy atom. The van der Waals surface area contributed by atoms with Crippen molar-refractivity contribution in [3.63, 3.8) is 0 Å².